The lowest BCUT2D eigenvalue weighted by Gasteiger charge is -2.10. The molecule has 1 fully saturated rings. The lowest BCUT2D eigenvalue weighted by Crippen LogP contribution is -2.03. The molecule has 0 radical (unpaired) electrons. The van der Waals surface area contributed by atoms with Gasteiger partial charge >= 0.3 is 0 Å². The van der Waals surface area contributed by atoms with Gasteiger partial charge in [-0.05, 0) is 61.9 Å². The third-order valence-electron chi connectivity index (χ3n) is 8.12. The Labute approximate surface area is 312 Å². The zero-order valence-electron chi connectivity index (χ0n) is 29.3. The second-order valence-electron chi connectivity index (χ2n) is 11.9. The number of thioether (sulfide) groups is 1. The van der Waals surface area contributed by atoms with Crippen molar-refractivity contribution in [2.24, 2.45) is 7.05 Å². The molecule has 0 amide bonds. The summed E-state index contributed by atoms with van der Waals surface area (Å²) in [4.78, 5) is 5.19. The second kappa shape index (κ2) is 24.4. The number of fused-ring (bicyclic) bond motifs is 1. The molecule has 0 atom stereocenters. The first-order valence-corrected chi connectivity index (χ1v) is 21.1. The van der Waals surface area contributed by atoms with E-state index in [4.69, 9.17) is 0 Å². The molecule has 12 heteroatoms. The number of benzene rings is 3. The van der Waals surface area contributed by atoms with Crippen molar-refractivity contribution in [2.75, 3.05) is 24.4 Å². The molecule has 1 aliphatic heterocycles. The van der Waals surface area contributed by atoms with Gasteiger partial charge in [-0.1, -0.05) is 100 Å². The van der Waals surface area contributed by atoms with Crippen molar-refractivity contribution in [3.05, 3.63) is 84.1 Å². The monoisotopic (exact) mass is 773 g/mol. The average Bonchev–Trinajstić information content (AvgIpc) is 3.78. The van der Waals surface area contributed by atoms with Gasteiger partial charge in [0.2, 0.25) is 0 Å². The van der Waals surface area contributed by atoms with Gasteiger partial charge in [0.05, 0.1) is 41.1 Å². The second-order valence-corrected chi connectivity index (χ2v) is 16.6. The number of halogens is 4. The summed E-state index contributed by atoms with van der Waals surface area (Å²) in [5.41, 5.74) is 1.38. The van der Waals surface area contributed by atoms with E-state index < -0.39 is 33.1 Å². The predicted molar refractivity (Wildman–Crippen MR) is 206 cm³/mol. The van der Waals surface area contributed by atoms with E-state index in [1.54, 1.807) is 4.90 Å². The zero-order chi connectivity index (χ0) is 36.1. The van der Waals surface area contributed by atoms with Crippen LogP contribution in [-0.4, -0.2) is 28.9 Å². The molecule has 276 valence electrons. The molecule has 0 unspecified atom stereocenters. The van der Waals surface area contributed by atoms with Crippen molar-refractivity contribution in [3.63, 3.8) is 0 Å². The molecule has 1 aliphatic rings. The van der Waals surface area contributed by atoms with Crippen LogP contribution in [0.5, 0.6) is 0 Å². The van der Waals surface area contributed by atoms with Crippen LogP contribution in [0.3, 0.4) is 0 Å². The number of aromatic nitrogens is 1. The Bertz CT molecular complexity index is 1510. The first kappa shape index (κ1) is 42.6. The van der Waals surface area contributed by atoms with E-state index in [-0.39, 0.29) is 12.0 Å². The fourth-order valence-electron chi connectivity index (χ4n) is 5.48. The normalized spacial score (nSPS) is 12.9. The summed E-state index contributed by atoms with van der Waals surface area (Å²) < 4.78 is 62.6. The lowest BCUT2D eigenvalue weighted by atomic mass is 10.1. The molecule has 0 N–H and O–H groups in total. The number of rotatable bonds is 17. The van der Waals surface area contributed by atoms with Crippen LogP contribution in [0.1, 0.15) is 84.0 Å². The zero-order valence-corrected chi connectivity index (χ0v) is 32.7. The summed E-state index contributed by atoms with van der Waals surface area (Å²) in [7, 11) is 3.79. The van der Waals surface area contributed by atoms with Crippen LogP contribution in [0.25, 0.3) is 10.9 Å². The van der Waals surface area contributed by atoms with E-state index >= 15 is 0 Å². The van der Waals surface area contributed by atoms with Crippen LogP contribution in [0.15, 0.2) is 80.4 Å². The van der Waals surface area contributed by atoms with Gasteiger partial charge in [0.25, 0.3) is 0 Å². The molecule has 0 aliphatic carbocycles. The minimum absolute atomic E-state index is 0.00569. The number of hydrogen-bond acceptors (Lipinski definition) is 5. The molecule has 0 bridgehead atoms. The Morgan fingerprint density at radius 2 is 1.28 bits per heavy atom. The molecule has 50 heavy (non-hydrogen) atoms. The van der Waals surface area contributed by atoms with Crippen LogP contribution in [0.2, 0.25) is 0 Å². The van der Waals surface area contributed by atoms with Gasteiger partial charge in [-0.3, -0.25) is 0 Å². The maximum Gasteiger partial charge on any atom is 0.180 e. The number of para-hydroxylation sites is 1. The first-order chi connectivity index (χ1) is 24.3. The quantitative estimate of drug-likeness (QED) is 0.0156. The molecule has 0 saturated carbocycles. The highest BCUT2D eigenvalue weighted by molar-refractivity contribution is 7.99. The van der Waals surface area contributed by atoms with Crippen LogP contribution >= 0.6 is 23.8 Å². The molecule has 5 rings (SSSR count). The number of unbranched alkanes of at least 4 members (excludes halogenated alkanes) is 9. The van der Waals surface area contributed by atoms with Gasteiger partial charge < -0.3 is 4.57 Å². The maximum atomic E-state index is 14.1. The fraction of sp³-hybridized carbons (Fsp3) is 0.474. The van der Waals surface area contributed by atoms with Gasteiger partial charge in [-0.25, -0.2) is 22.4 Å². The molecule has 0 spiro atoms. The Hall–Kier alpha value is -1.80. The molecular weight excluding hydrogens is 723 g/mol. The minimum Gasteiger partial charge on any atom is -0.346 e. The Morgan fingerprint density at radius 3 is 1.84 bits per heavy atom. The van der Waals surface area contributed by atoms with E-state index in [9.17, 15) is 17.6 Å². The van der Waals surface area contributed by atoms with Crippen LogP contribution < -0.4 is 0 Å². The molecule has 3 aromatic carbocycles. The Morgan fingerprint density at radius 1 is 0.740 bits per heavy atom. The van der Waals surface area contributed by atoms with Crippen molar-refractivity contribution in [1.82, 2.24) is 4.57 Å². The van der Waals surface area contributed by atoms with E-state index in [0.717, 1.165) is 49.5 Å². The fourth-order valence-corrected chi connectivity index (χ4v) is 9.67. The highest BCUT2D eigenvalue weighted by atomic mass is 32.2. The van der Waals surface area contributed by atoms with Crippen molar-refractivity contribution >= 4 is 58.2 Å². The molecule has 4 aromatic rings. The van der Waals surface area contributed by atoms with E-state index in [0.29, 0.717) is 16.6 Å². The number of nitrogens with zero attached hydrogens (tertiary/aromatic N) is 1. The van der Waals surface area contributed by atoms with Gasteiger partial charge in [-0.2, -0.15) is 0 Å². The van der Waals surface area contributed by atoms with E-state index in [2.05, 4.69) is 75.9 Å². The van der Waals surface area contributed by atoms with Crippen LogP contribution in [0.4, 0.5) is 17.6 Å². The van der Waals surface area contributed by atoms with Crippen LogP contribution in [0, 0.1) is 23.3 Å². The molecule has 4 nitrogen and oxygen atoms in total. The van der Waals surface area contributed by atoms with Crippen LogP contribution in [-0.2, 0) is 44.8 Å². The summed E-state index contributed by atoms with van der Waals surface area (Å²) in [6.45, 7) is 2.19. The lowest BCUT2D eigenvalue weighted by molar-refractivity contribution is -0.447. The molecular formula is C38H51F4NO3S4+2. The van der Waals surface area contributed by atoms with Gasteiger partial charge in [0.1, 0.15) is 21.3 Å². The maximum absolute atomic E-state index is 14.1. The molecule has 1 saturated heterocycles. The summed E-state index contributed by atoms with van der Waals surface area (Å²) in [6.07, 6.45) is 16.6. The smallest absolute Gasteiger partial charge is 0.180 e. The predicted octanol–water partition coefficient (Wildman–Crippen LogP) is 11.8. The largest absolute Gasteiger partial charge is 0.346 e. The van der Waals surface area contributed by atoms with E-state index in [1.807, 2.05) is 30.3 Å². The van der Waals surface area contributed by atoms with Gasteiger partial charge in [0.15, 0.2) is 28.2 Å². The Kier molecular flexibility index (Phi) is 20.8. The van der Waals surface area contributed by atoms with Crippen molar-refractivity contribution in [1.29, 1.82) is 0 Å². The van der Waals surface area contributed by atoms with Gasteiger partial charge in [-0.15, -0.1) is 16.1 Å². The molecule has 2 heterocycles. The first-order valence-electron chi connectivity index (χ1n) is 17.3. The average molecular weight is 774 g/mol. The number of hydrogen-bond donors (Lipinski definition) is 0. The van der Waals surface area contributed by atoms with Crippen molar-refractivity contribution in [2.45, 2.75) is 104 Å². The summed E-state index contributed by atoms with van der Waals surface area (Å²) in [6, 6.07) is 18.7. The topological polar surface area (TPSA) is 32.6 Å². The number of aryl methyl sites for hydroxylation is 1. The van der Waals surface area contributed by atoms with E-state index in [1.165, 1.54) is 73.8 Å². The summed E-state index contributed by atoms with van der Waals surface area (Å²) in [5, 5.41) is 5.46. The minimum atomic E-state index is -1.52. The third kappa shape index (κ3) is 14.0. The SMILES string of the molecule is CCCCCCCCCCCCSc1c(F)c(F)c(SOOOC)c(F)c1F.Cn1cc([S+]2CCCC2)c2ccccc21.[SH2+]c1ccccc1. The Balaban J connectivity index is 0.000000250. The van der Waals surface area contributed by atoms with Gasteiger partial charge in [0, 0.05) is 17.9 Å². The highest BCUT2D eigenvalue weighted by Crippen LogP contribution is 2.37. The summed E-state index contributed by atoms with van der Waals surface area (Å²) in [5.74, 6) is -2.69. The third-order valence-corrected chi connectivity index (χ3v) is 12.7. The molecule has 1 aromatic heterocycles. The summed E-state index contributed by atoms with van der Waals surface area (Å²) >= 11 is 4.13. The van der Waals surface area contributed by atoms with Crippen molar-refractivity contribution in [3.8, 4) is 0 Å². The standard InChI is InChI=1S/C19H28F4O3S2.C13H16NS.C6H6S/c1-3-4-5-6-7-8-9-10-11-12-13-27-18-14(20)16(22)19(17(23)15(18)21)28-26-25-24-2;1-14-10-13(15-8-4-5-9-15)11-6-2-3-7-12(11)14;7-6-4-2-1-3-5-6/h3-13H2,1-2H3;2-3,6-7,10H,4-5,8-9H2,1H3;1-5,7H/q;+1;/p+1. The van der Waals surface area contributed by atoms with Crippen molar-refractivity contribution < 1.29 is 31.8 Å². The highest BCUT2D eigenvalue weighted by Gasteiger charge is 2.30.